The van der Waals surface area contributed by atoms with Crippen LogP contribution in [0, 0.1) is 3.57 Å². The maximum absolute atomic E-state index is 11.8. The van der Waals surface area contributed by atoms with Crippen LogP contribution in [-0.2, 0) is 10.0 Å². The summed E-state index contributed by atoms with van der Waals surface area (Å²) in [6.45, 7) is 0. The van der Waals surface area contributed by atoms with E-state index in [-0.39, 0.29) is 4.90 Å². The Kier molecular flexibility index (Phi) is 4.90. The van der Waals surface area contributed by atoms with Crippen molar-refractivity contribution in [2.24, 2.45) is 0 Å². The molecule has 0 amide bonds. The van der Waals surface area contributed by atoms with E-state index in [0.717, 1.165) is 7.66 Å². The minimum absolute atomic E-state index is 0.240. The third kappa shape index (κ3) is 3.67. The van der Waals surface area contributed by atoms with Crippen molar-refractivity contribution in [3.63, 3.8) is 0 Å². The standard InChI is InChI=1S/C9H8N2O2S.C3H3IN2/c12-14(13,11-8-4-7-10-11)9-5-2-1-3-6-9;4-3-1-5-6-2-3/h1-8H;1-2H,(H,5,6). The van der Waals surface area contributed by atoms with Crippen molar-refractivity contribution in [3.8, 4) is 0 Å². The number of hydrogen-bond donors (Lipinski definition) is 1. The van der Waals surface area contributed by atoms with E-state index >= 15 is 0 Å². The van der Waals surface area contributed by atoms with Gasteiger partial charge in [-0.15, -0.1) is 0 Å². The van der Waals surface area contributed by atoms with Crippen LogP contribution in [0.3, 0.4) is 0 Å². The molecular formula is C12H11IN4O2S. The minimum Gasteiger partial charge on any atom is -0.285 e. The number of halogens is 1. The second-order valence-electron chi connectivity index (χ2n) is 3.61. The van der Waals surface area contributed by atoms with E-state index in [2.05, 4.69) is 37.9 Å². The first kappa shape index (κ1) is 14.7. The van der Waals surface area contributed by atoms with Crippen LogP contribution in [0.15, 0.2) is 66.1 Å². The molecule has 0 atom stereocenters. The van der Waals surface area contributed by atoms with E-state index in [1.165, 1.54) is 24.5 Å². The maximum Gasteiger partial charge on any atom is 0.282 e. The highest BCUT2D eigenvalue weighted by Gasteiger charge is 2.15. The molecule has 3 rings (SSSR count). The molecule has 104 valence electrons. The van der Waals surface area contributed by atoms with Crippen molar-refractivity contribution in [2.75, 3.05) is 0 Å². The molecule has 0 aliphatic rings. The predicted molar refractivity (Wildman–Crippen MR) is 82.6 cm³/mol. The summed E-state index contributed by atoms with van der Waals surface area (Å²) >= 11 is 2.18. The summed E-state index contributed by atoms with van der Waals surface area (Å²) in [5, 5.41) is 10.1. The first-order valence-electron chi connectivity index (χ1n) is 5.55. The van der Waals surface area contributed by atoms with Gasteiger partial charge in [0.1, 0.15) is 0 Å². The zero-order chi connectivity index (χ0) is 14.4. The van der Waals surface area contributed by atoms with Gasteiger partial charge >= 0.3 is 0 Å². The van der Waals surface area contributed by atoms with Crippen LogP contribution in [0.2, 0.25) is 0 Å². The topological polar surface area (TPSA) is 80.6 Å². The Morgan fingerprint density at radius 3 is 2.35 bits per heavy atom. The summed E-state index contributed by atoms with van der Waals surface area (Å²) in [6, 6.07) is 9.77. The van der Waals surface area contributed by atoms with E-state index in [4.69, 9.17) is 0 Å². The van der Waals surface area contributed by atoms with Crippen molar-refractivity contribution in [1.82, 2.24) is 19.4 Å². The first-order valence-corrected chi connectivity index (χ1v) is 8.07. The number of aromatic nitrogens is 4. The van der Waals surface area contributed by atoms with E-state index in [1.54, 1.807) is 30.5 Å². The third-order valence-electron chi connectivity index (χ3n) is 2.23. The van der Waals surface area contributed by atoms with Crippen LogP contribution in [0.4, 0.5) is 0 Å². The summed E-state index contributed by atoms with van der Waals surface area (Å²) in [4.78, 5) is 0.240. The highest BCUT2D eigenvalue weighted by Crippen LogP contribution is 2.10. The molecule has 2 heterocycles. The molecule has 0 aliphatic heterocycles. The van der Waals surface area contributed by atoms with E-state index in [0.29, 0.717) is 0 Å². The summed E-state index contributed by atoms with van der Waals surface area (Å²) in [5.41, 5.74) is 0. The number of rotatable bonds is 2. The predicted octanol–water partition coefficient (Wildman–Crippen LogP) is 2.13. The molecule has 0 spiro atoms. The molecule has 8 heteroatoms. The highest BCUT2D eigenvalue weighted by molar-refractivity contribution is 14.1. The lowest BCUT2D eigenvalue weighted by molar-refractivity contribution is 0.580. The normalized spacial score (nSPS) is 10.7. The SMILES string of the molecule is Ic1cn[nH]c1.O=S(=O)(c1ccccc1)n1cccn1. The first-order chi connectivity index (χ1) is 9.60. The average Bonchev–Trinajstić information content (AvgIpc) is 3.13. The second-order valence-corrected chi connectivity index (χ2v) is 6.65. The summed E-state index contributed by atoms with van der Waals surface area (Å²) in [5.74, 6) is 0. The molecule has 0 radical (unpaired) electrons. The average molecular weight is 402 g/mol. The van der Waals surface area contributed by atoms with Crippen LogP contribution in [0.5, 0.6) is 0 Å². The largest absolute Gasteiger partial charge is 0.285 e. The van der Waals surface area contributed by atoms with Gasteiger partial charge in [0.15, 0.2) is 0 Å². The molecule has 1 aromatic carbocycles. The van der Waals surface area contributed by atoms with Gasteiger partial charge in [0.2, 0.25) is 0 Å². The lowest BCUT2D eigenvalue weighted by Gasteiger charge is -2.02. The third-order valence-corrected chi connectivity index (χ3v) is 4.40. The van der Waals surface area contributed by atoms with Gasteiger partial charge in [0.25, 0.3) is 10.0 Å². The van der Waals surface area contributed by atoms with E-state index in [9.17, 15) is 8.42 Å². The molecule has 0 aliphatic carbocycles. The Bertz CT molecular complexity index is 725. The molecule has 3 aromatic rings. The van der Waals surface area contributed by atoms with Crippen LogP contribution in [0.1, 0.15) is 0 Å². The minimum atomic E-state index is -3.49. The fourth-order valence-corrected chi connectivity index (χ4v) is 2.74. The van der Waals surface area contributed by atoms with Gasteiger partial charge in [0.05, 0.1) is 20.9 Å². The summed E-state index contributed by atoms with van der Waals surface area (Å²) < 4.78 is 25.7. The Hall–Kier alpha value is -1.68. The van der Waals surface area contributed by atoms with Crippen molar-refractivity contribution >= 4 is 32.6 Å². The Morgan fingerprint density at radius 2 is 1.90 bits per heavy atom. The fourth-order valence-electron chi connectivity index (χ4n) is 1.33. The van der Waals surface area contributed by atoms with E-state index < -0.39 is 10.0 Å². The van der Waals surface area contributed by atoms with Crippen LogP contribution in [0.25, 0.3) is 0 Å². The quantitative estimate of drug-likeness (QED) is 0.667. The molecule has 0 fully saturated rings. The van der Waals surface area contributed by atoms with Gasteiger partial charge in [-0.1, -0.05) is 18.2 Å². The number of nitrogens with zero attached hydrogens (tertiary/aromatic N) is 3. The molecule has 0 bridgehead atoms. The summed E-state index contributed by atoms with van der Waals surface area (Å²) in [6.07, 6.45) is 6.43. The lowest BCUT2D eigenvalue weighted by Crippen LogP contribution is -2.12. The maximum atomic E-state index is 11.8. The van der Waals surface area contributed by atoms with Crippen molar-refractivity contribution in [1.29, 1.82) is 0 Å². The molecule has 2 aromatic heterocycles. The van der Waals surface area contributed by atoms with Gasteiger partial charge in [-0.25, -0.2) is 0 Å². The van der Waals surface area contributed by atoms with E-state index in [1.807, 2.05) is 6.20 Å². The van der Waals surface area contributed by atoms with Crippen LogP contribution in [-0.4, -0.2) is 27.8 Å². The van der Waals surface area contributed by atoms with Gasteiger partial charge < -0.3 is 0 Å². The number of benzene rings is 1. The van der Waals surface area contributed by atoms with Crippen LogP contribution >= 0.6 is 22.6 Å². The zero-order valence-corrected chi connectivity index (χ0v) is 13.2. The molecular weight excluding hydrogens is 391 g/mol. The highest BCUT2D eigenvalue weighted by atomic mass is 127. The Labute approximate surface area is 130 Å². The second kappa shape index (κ2) is 6.66. The zero-order valence-electron chi connectivity index (χ0n) is 10.2. The van der Waals surface area contributed by atoms with Crippen LogP contribution < -0.4 is 0 Å². The Balaban J connectivity index is 0.000000205. The van der Waals surface area contributed by atoms with Gasteiger partial charge in [-0.2, -0.15) is 22.7 Å². The molecule has 6 nitrogen and oxygen atoms in total. The Morgan fingerprint density at radius 1 is 1.15 bits per heavy atom. The monoisotopic (exact) mass is 402 g/mol. The van der Waals surface area contributed by atoms with Crippen molar-refractivity contribution in [2.45, 2.75) is 4.90 Å². The molecule has 1 N–H and O–H groups in total. The molecule has 0 unspecified atom stereocenters. The van der Waals surface area contributed by atoms with Gasteiger partial charge in [0, 0.05) is 12.4 Å². The molecule has 0 saturated carbocycles. The number of aromatic amines is 1. The van der Waals surface area contributed by atoms with Crippen molar-refractivity contribution < 1.29 is 8.42 Å². The number of H-pyrrole nitrogens is 1. The lowest BCUT2D eigenvalue weighted by atomic mass is 10.4. The number of nitrogens with one attached hydrogen (secondary N) is 1. The number of hydrogen-bond acceptors (Lipinski definition) is 4. The summed E-state index contributed by atoms with van der Waals surface area (Å²) in [7, 11) is -3.49. The smallest absolute Gasteiger partial charge is 0.282 e. The molecule has 0 saturated heterocycles. The molecule has 20 heavy (non-hydrogen) atoms. The van der Waals surface area contributed by atoms with Crippen molar-refractivity contribution in [3.05, 3.63) is 64.8 Å². The van der Waals surface area contributed by atoms with Gasteiger partial charge in [-0.3, -0.25) is 5.10 Å². The fraction of sp³-hybridized carbons (Fsp3) is 0. The van der Waals surface area contributed by atoms with Gasteiger partial charge in [-0.05, 0) is 40.8 Å².